The molecular formula is C14H8ClF2NOS. The lowest BCUT2D eigenvalue weighted by Crippen LogP contribution is -2.11. The molecule has 6 heteroatoms. The highest BCUT2D eigenvalue weighted by atomic mass is 35.5. The van der Waals surface area contributed by atoms with Gasteiger partial charge in [-0.25, -0.2) is 8.78 Å². The number of hydrogen-bond acceptors (Lipinski definition) is 3. The summed E-state index contributed by atoms with van der Waals surface area (Å²) in [6, 6.07) is 4.41. The molecule has 1 heterocycles. The Morgan fingerprint density at radius 2 is 1.95 bits per heavy atom. The molecule has 0 aliphatic rings. The number of nitriles is 1. The molecule has 0 bridgehead atoms. The molecule has 1 atom stereocenters. The number of nitrogens with zero attached hydrogens (tertiary/aromatic N) is 1. The molecule has 0 amide bonds. The largest absolute Gasteiger partial charge is 0.291 e. The van der Waals surface area contributed by atoms with Crippen molar-refractivity contribution in [1.29, 1.82) is 5.26 Å². The van der Waals surface area contributed by atoms with Gasteiger partial charge in [0, 0.05) is 6.07 Å². The van der Waals surface area contributed by atoms with Crippen molar-refractivity contribution in [3.63, 3.8) is 0 Å². The van der Waals surface area contributed by atoms with Gasteiger partial charge in [0.2, 0.25) is 0 Å². The molecule has 2 nitrogen and oxygen atoms in total. The van der Waals surface area contributed by atoms with E-state index in [1.165, 1.54) is 0 Å². The SMILES string of the molecule is Cc1csc(C(=O)C(C#N)c2cc(F)cc(F)c2)c1Cl. The van der Waals surface area contributed by atoms with E-state index in [-0.39, 0.29) is 15.5 Å². The van der Waals surface area contributed by atoms with Crippen molar-refractivity contribution < 1.29 is 13.6 Å². The first kappa shape index (κ1) is 14.6. The normalized spacial score (nSPS) is 11.9. The second-order valence-corrected chi connectivity index (χ2v) is 5.45. The number of ketones is 1. The van der Waals surface area contributed by atoms with Gasteiger partial charge in [0.25, 0.3) is 0 Å². The van der Waals surface area contributed by atoms with Crippen LogP contribution < -0.4 is 0 Å². The van der Waals surface area contributed by atoms with Crippen molar-refractivity contribution >= 4 is 28.7 Å². The fourth-order valence-corrected chi connectivity index (χ4v) is 3.01. The Hall–Kier alpha value is -1.77. The van der Waals surface area contributed by atoms with Crippen molar-refractivity contribution in [3.05, 3.63) is 56.2 Å². The molecule has 0 radical (unpaired) electrons. The molecule has 102 valence electrons. The average Bonchev–Trinajstić information content (AvgIpc) is 2.69. The zero-order valence-corrected chi connectivity index (χ0v) is 11.9. The van der Waals surface area contributed by atoms with E-state index in [9.17, 15) is 13.6 Å². The minimum atomic E-state index is -1.28. The monoisotopic (exact) mass is 311 g/mol. The van der Waals surface area contributed by atoms with Gasteiger partial charge in [-0.2, -0.15) is 5.26 Å². The van der Waals surface area contributed by atoms with Gasteiger partial charge in [-0.05, 0) is 35.6 Å². The molecule has 0 fully saturated rings. The van der Waals surface area contributed by atoms with Gasteiger partial charge >= 0.3 is 0 Å². The molecule has 1 aromatic heterocycles. The summed E-state index contributed by atoms with van der Waals surface area (Å²) < 4.78 is 26.4. The van der Waals surface area contributed by atoms with Crippen molar-refractivity contribution in [2.45, 2.75) is 12.8 Å². The van der Waals surface area contributed by atoms with E-state index in [1.54, 1.807) is 18.4 Å². The first-order valence-electron chi connectivity index (χ1n) is 5.57. The van der Waals surface area contributed by atoms with E-state index >= 15 is 0 Å². The Bertz CT molecular complexity index is 700. The Morgan fingerprint density at radius 3 is 2.40 bits per heavy atom. The summed E-state index contributed by atoms with van der Waals surface area (Å²) in [6.07, 6.45) is 0. The topological polar surface area (TPSA) is 40.9 Å². The molecule has 0 spiro atoms. The van der Waals surface area contributed by atoms with Crippen LogP contribution in [0, 0.1) is 29.9 Å². The van der Waals surface area contributed by atoms with E-state index in [0.29, 0.717) is 6.07 Å². The number of halogens is 3. The van der Waals surface area contributed by atoms with Crippen LogP contribution in [0.4, 0.5) is 8.78 Å². The highest BCUT2D eigenvalue weighted by molar-refractivity contribution is 7.13. The van der Waals surface area contributed by atoms with Gasteiger partial charge in [-0.15, -0.1) is 11.3 Å². The zero-order valence-electron chi connectivity index (χ0n) is 10.3. The quantitative estimate of drug-likeness (QED) is 0.784. The minimum Gasteiger partial charge on any atom is -0.291 e. The van der Waals surface area contributed by atoms with E-state index in [4.69, 9.17) is 16.9 Å². The number of benzene rings is 1. The molecule has 1 unspecified atom stereocenters. The summed E-state index contributed by atoms with van der Waals surface area (Å²) in [4.78, 5) is 12.5. The summed E-state index contributed by atoms with van der Waals surface area (Å²) >= 11 is 7.10. The van der Waals surface area contributed by atoms with Crippen LogP contribution in [-0.2, 0) is 0 Å². The van der Waals surface area contributed by atoms with Crippen LogP contribution >= 0.6 is 22.9 Å². The number of carbonyl (C=O) groups is 1. The fraction of sp³-hybridized carbons (Fsp3) is 0.143. The maximum absolute atomic E-state index is 13.2. The molecule has 0 N–H and O–H groups in total. The van der Waals surface area contributed by atoms with Crippen LogP contribution in [0.5, 0.6) is 0 Å². The first-order valence-corrected chi connectivity index (χ1v) is 6.83. The molecule has 0 aliphatic carbocycles. The third-order valence-corrected chi connectivity index (χ3v) is 4.44. The Morgan fingerprint density at radius 1 is 1.35 bits per heavy atom. The molecule has 2 rings (SSSR count). The van der Waals surface area contributed by atoms with Gasteiger partial charge in [-0.3, -0.25) is 4.79 Å². The summed E-state index contributed by atoms with van der Waals surface area (Å²) in [6.45, 7) is 1.73. The highest BCUT2D eigenvalue weighted by Crippen LogP contribution is 2.32. The van der Waals surface area contributed by atoms with Gasteiger partial charge < -0.3 is 0 Å². The number of thiophene rings is 1. The highest BCUT2D eigenvalue weighted by Gasteiger charge is 2.26. The second-order valence-electron chi connectivity index (χ2n) is 4.19. The lowest BCUT2D eigenvalue weighted by atomic mass is 9.95. The van der Waals surface area contributed by atoms with Gasteiger partial charge in [0.15, 0.2) is 5.78 Å². The predicted molar refractivity (Wildman–Crippen MR) is 73.1 cm³/mol. The summed E-state index contributed by atoms with van der Waals surface area (Å²) in [7, 11) is 0. The number of Topliss-reactive ketones (excluding diaryl/α,β-unsaturated/α-hetero) is 1. The number of aryl methyl sites for hydroxylation is 1. The lowest BCUT2D eigenvalue weighted by Gasteiger charge is -2.08. The molecule has 0 saturated carbocycles. The smallest absolute Gasteiger partial charge is 0.195 e. The predicted octanol–water partition coefficient (Wildman–Crippen LogP) is 4.48. The Kier molecular flexibility index (Phi) is 4.17. The van der Waals surface area contributed by atoms with Crippen LogP contribution in [-0.4, -0.2) is 5.78 Å². The van der Waals surface area contributed by atoms with Gasteiger partial charge in [0.05, 0.1) is 16.0 Å². The number of rotatable bonds is 3. The van der Waals surface area contributed by atoms with E-state index in [0.717, 1.165) is 29.0 Å². The average molecular weight is 312 g/mol. The third-order valence-electron chi connectivity index (χ3n) is 2.73. The maximum atomic E-state index is 13.2. The number of hydrogen-bond donors (Lipinski definition) is 0. The minimum absolute atomic E-state index is 0.0166. The summed E-state index contributed by atoms with van der Waals surface area (Å²) in [5, 5.41) is 11.1. The molecule has 0 saturated heterocycles. The van der Waals surface area contributed by atoms with E-state index < -0.39 is 23.3 Å². The zero-order chi connectivity index (χ0) is 14.9. The number of carbonyl (C=O) groups excluding carboxylic acids is 1. The molecule has 1 aromatic carbocycles. The van der Waals surface area contributed by atoms with E-state index in [1.807, 2.05) is 0 Å². The van der Waals surface area contributed by atoms with Gasteiger partial charge in [0.1, 0.15) is 17.6 Å². The molecule has 0 aliphatic heterocycles. The lowest BCUT2D eigenvalue weighted by molar-refractivity contribution is 0.0983. The fourth-order valence-electron chi connectivity index (χ4n) is 1.75. The van der Waals surface area contributed by atoms with Crippen LogP contribution in [0.1, 0.15) is 26.7 Å². The summed E-state index contributed by atoms with van der Waals surface area (Å²) in [5.41, 5.74) is 0.708. The van der Waals surface area contributed by atoms with Crippen LogP contribution in [0.2, 0.25) is 5.02 Å². The second kappa shape index (κ2) is 5.70. The molecule has 2 aromatic rings. The molecular weight excluding hydrogens is 304 g/mol. The van der Waals surface area contributed by atoms with Crippen LogP contribution in [0.15, 0.2) is 23.6 Å². The Labute approximate surface area is 123 Å². The van der Waals surface area contributed by atoms with Crippen LogP contribution in [0.25, 0.3) is 0 Å². The molecule has 20 heavy (non-hydrogen) atoms. The van der Waals surface area contributed by atoms with Crippen molar-refractivity contribution in [3.8, 4) is 6.07 Å². The van der Waals surface area contributed by atoms with E-state index in [2.05, 4.69) is 0 Å². The van der Waals surface area contributed by atoms with Crippen LogP contribution in [0.3, 0.4) is 0 Å². The van der Waals surface area contributed by atoms with Crippen molar-refractivity contribution in [2.75, 3.05) is 0 Å². The maximum Gasteiger partial charge on any atom is 0.195 e. The first-order chi connectivity index (χ1) is 9.43. The standard InChI is InChI=1S/C14H8ClF2NOS/c1-7-6-20-14(12(7)15)13(19)11(5-18)8-2-9(16)4-10(17)3-8/h2-4,6,11H,1H3. The summed E-state index contributed by atoms with van der Waals surface area (Å²) in [5.74, 6) is -3.50. The van der Waals surface area contributed by atoms with Gasteiger partial charge in [-0.1, -0.05) is 11.6 Å². The Balaban J connectivity index is 2.45. The van der Waals surface area contributed by atoms with Crippen molar-refractivity contribution in [2.24, 2.45) is 0 Å². The third kappa shape index (κ3) is 2.72. The van der Waals surface area contributed by atoms with Crippen molar-refractivity contribution in [1.82, 2.24) is 0 Å².